The molecule has 220 valence electrons. The van der Waals surface area contributed by atoms with E-state index in [0.717, 1.165) is 38.5 Å². The van der Waals surface area contributed by atoms with E-state index in [4.69, 9.17) is 4.74 Å². The van der Waals surface area contributed by atoms with Gasteiger partial charge in [-0.3, -0.25) is 14.4 Å². The summed E-state index contributed by atoms with van der Waals surface area (Å²) < 4.78 is 5.15. The number of nitrogens with one attached hydrogen (secondary N) is 2. The molecule has 1 fully saturated rings. The Labute approximate surface area is 228 Å². The lowest BCUT2D eigenvalue weighted by Gasteiger charge is -2.29. The fraction of sp³-hybridized carbons (Fsp3) is 0.821. The molecule has 1 aliphatic heterocycles. The Morgan fingerprint density at radius 3 is 2.45 bits per heavy atom. The lowest BCUT2D eigenvalue weighted by Crippen LogP contribution is -2.56. The maximum atomic E-state index is 13.1. The van der Waals surface area contributed by atoms with Crippen molar-refractivity contribution in [3.8, 4) is 0 Å². The van der Waals surface area contributed by atoms with Gasteiger partial charge in [0.05, 0.1) is 0 Å². The summed E-state index contributed by atoms with van der Waals surface area (Å²) in [5.41, 5.74) is -0.241. The van der Waals surface area contributed by atoms with Crippen molar-refractivity contribution in [1.29, 1.82) is 0 Å². The summed E-state index contributed by atoms with van der Waals surface area (Å²) in [6.45, 7) is 9.40. The minimum absolute atomic E-state index is 0.0267. The van der Waals surface area contributed by atoms with E-state index in [0.29, 0.717) is 38.9 Å². The number of hydrogen-bond donors (Lipinski definition) is 5. The van der Waals surface area contributed by atoms with Crippen LogP contribution < -0.4 is 10.6 Å². The third-order valence-electron chi connectivity index (χ3n) is 6.60. The Hall–Kier alpha value is -2.01. The molecule has 1 saturated heterocycles. The first-order valence-electron chi connectivity index (χ1n) is 14.0. The Morgan fingerprint density at radius 1 is 1.11 bits per heavy atom. The fourth-order valence-corrected chi connectivity index (χ4v) is 4.30. The first-order valence-corrected chi connectivity index (χ1v) is 14.0. The number of ether oxygens (including phenoxy) is 1. The number of aliphatic hydroxyl groups is 3. The molecule has 5 atom stereocenters. The molecule has 0 aliphatic carbocycles. The Kier molecular flexibility index (Phi) is 15.7. The fourth-order valence-electron chi connectivity index (χ4n) is 4.30. The maximum absolute atomic E-state index is 13.1. The van der Waals surface area contributed by atoms with Gasteiger partial charge in [-0.05, 0) is 37.5 Å². The number of carbonyl (C=O) groups excluding carboxylic acids is 3. The summed E-state index contributed by atoms with van der Waals surface area (Å²) in [4.78, 5) is 39.7. The van der Waals surface area contributed by atoms with E-state index in [1.807, 2.05) is 20.8 Å². The number of hydrogen-bond acceptors (Lipinski definition) is 7. The first kappa shape index (κ1) is 34.0. The third-order valence-corrected chi connectivity index (χ3v) is 6.60. The van der Waals surface area contributed by atoms with Crippen LogP contribution in [-0.4, -0.2) is 95.1 Å². The first-order chi connectivity index (χ1) is 17.9. The van der Waals surface area contributed by atoms with Crippen LogP contribution in [0.4, 0.5) is 0 Å². The number of methoxy groups -OCH3 is 1. The number of nitrogens with zero attached hydrogens (tertiary/aromatic N) is 1. The van der Waals surface area contributed by atoms with Crippen molar-refractivity contribution in [2.45, 2.75) is 116 Å². The molecule has 0 unspecified atom stereocenters. The van der Waals surface area contributed by atoms with Crippen molar-refractivity contribution in [3.05, 3.63) is 12.2 Å². The highest BCUT2D eigenvalue weighted by molar-refractivity contribution is 5.89. The number of carbonyl (C=O) groups is 3. The normalized spacial score (nSPS) is 20.1. The quantitative estimate of drug-likeness (QED) is 0.147. The number of rotatable bonds is 16. The van der Waals surface area contributed by atoms with Gasteiger partial charge >= 0.3 is 0 Å². The van der Waals surface area contributed by atoms with E-state index in [1.54, 1.807) is 11.0 Å². The van der Waals surface area contributed by atoms with E-state index in [9.17, 15) is 29.7 Å². The molecule has 0 aromatic carbocycles. The molecule has 0 aromatic heterocycles. The second-order valence-corrected chi connectivity index (χ2v) is 11.2. The lowest BCUT2D eigenvalue weighted by atomic mass is 9.94. The monoisotopic (exact) mass is 541 g/mol. The summed E-state index contributed by atoms with van der Waals surface area (Å²) in [7, 11) is 1.22. The smallest absolute Gasteiger partial charge is 0.252 e. The summed E-state index contributed by atoms with van der Waals surface area (Å²) in [5, 5.41) is 36.8. The van der Waals surface area contributed by atoms with E-state index in [2.05, 4.69) is 17.6 Å². The molecule has 0 bridgehead atoms. The highest BCUT2D eigenvalue weighted by atomic mass is 16.5. The standard InChI is InChI=1S/C28H51N3O7/c1-6-7-8-9-14-22(33)29-17-12-19-31-18-11-10-13-20(27(31)37)30-26(36)25(38-5)24(35)23(34)21(32)15-16-28(2,3)4/h15-16,20-21,23-25,32,34-35H,6-14,17-19H2,1-5H3,(H,29,33)(H,30,36)/b16-15+/t20-,21+,23-,24+,25+/m0/s1. The van der Waals surface area contributed by atoms with Crippen LogP contribution in [0.25, 0.3) is 0 Å². The van der Waals surface area contributed by atoms with Crippen LogP contribution in [0.5, 0.6) is 0 Å². The van der Waals surface area contributed by atoms with Crippen LogP contribution in [0.2, 0.25) is 0 Å². The van der Waals surface area contributed by atoms with E-state index >= 15 is 0 Å². The van der Waals surface area contributed by atoms with Gasteiger partial charge in [0.25, 0.3) is 5.91 Å². The number of amides is 3. The van der Waals surface area contributed by atoms with Crippen LogP contribution in [0.3, 0.4) is 0 Å². The van der Waals surface area contributed by atoms with Crippen molar-refractivity contribution in [1.82, 2.24) is 15.5 Å². The molecule has 0 aromatic rings. The van der Waals surface area contributed by atoms with Crippen molar-refractivity contribution in [3.63, 3.8) is 0 Å². The number of unbranched alkanes of at least 4 members (excludes halogenated alkanes) is 3. The largest absolute Gasteiger partial charge is 0.387 e. The molecule has 0 saturated carbocycles. The predicted molar refractivity (Wildman–Crippen MR) is 146 cm³/mol. The molecule has 3 amide bonds. The minimum Gasteiger partial charge on any atom is -0.387 e. The van der Waals surface area contributed by atoms with Crippen molar-refractivity contribution >= 4 is 17.7 Å². The van der Waals surface area contributed by atoms with Gasteiger partial charge in [0.2, 0.25) is 11.8 Å². The van der Waals surface area contributed by atoms with Crippen molar-refractivity contribution < 1.29 is 34.4 Å². The van der Waals surface area contributed by atoms with E-state index in [-0.39, 0.29) is 17.2 Å². The zero-order chi connectivity index (χ0) is 28.7. The Morgan fingerprint density at radius 2 is 1.82 bits per heavy atom. The van der Waals surface area contributed by atoms with Crippen LogP contribution in [0, 0.1) is 5.41 Å². The molecule has 1 heterocycles. The van der Waals surface area contributed by atoms with Gasteiger partial charge in [-0.15, -0.1) is 0 Å². The molecule has 0 spiro atoms. The van der Waals surface area contributed by atoms with Crippen LogP contribution in [-0.2, 0) is 19.1 Å². The number of allylic oxidation sites excluding steroid dienone is 1. The van der Waals surface area contributed by atoms with Crippen molar-refractivity contribution in [2.24, 2.45) is 5.41 Å². The van der Waals surface area contributed by atoms with Gasteiger partial charge in [0, 0.05) is 33.2 Å². The zero-order valence-corrected chi connectivity index (χ0v) is 23.9. The summed E-state index contributed by atoms with van der Waals surface area (Å²) >= 11 is 0. The van der Waals surface area contributed by atoms with Crippen LogP contribution >= 0.6 is 0 Å². The lowest BCUT2D eigenvalue weighted by molar-refractivity contribution is -0.151. The van der Waals surface area contributed by atoms with Crippen molar-refractivity contribution in [2.75, 3.05) is 26.7 Å². The molecule has 10 nitrogen and oxygen atoms in total. The molecular weight excluding hydrogens is 490 g/mol. The Balaban J connectivity index is 2.63. The average molecular weight is 542 g/mol. The van der Waals surface area contributed by atoms with Gasteiger partial charge in [-0.1, -0.05) is 59.1 Å². The molecule has 38 heavy (non-hydrogen) atoms. The van der Waals surface area contributed by atoms with E-state index < -0.39 is 36.4 Å². The van der Waals surface area contributed by atoms with Gasteiger partial charge in [0.15, 0.2) is 6.10 Å². The molecule has 5 N–H and O–H groups in total. The van der Waals surface area contributed by atoms with Gasteiger partial charge in [-0.2, -0.15) is 0 Å². The average Bonchev–Trinajstić information content (AvgIpc) is 3.03. The highest BCUT2D eigenvalue weighted by Crippen LogP contribution is 2.18. The molecule has 1 rings (SSSR count). The predicted octanol–water partition coefficient (Wildman–Crippen LogP) is 1.66. The van der Waals surface area contributed by atoms with Gasteiger partial charge in [0.1, 0.15) is 24.4 Å². The molecule has 0 radical (unpaired) electrons. The third kappa shape index (κ3) is 12.7. The van der Waals surface area contributed by atoms with Gasteiger partial charge in [-0.25, -0.2) is 0 Å². The van der Waals surface area contributed by atoms with Gasteiger partial charge < -0.3 is 35.6 Å². The van der Waals surface area contributed by atoms with Crippen LogP contribution in [0.15, 0.2) is 12.2 Å². The second kappa shape index (κ2) is 17.6. The Bertz CT molecular complexity index is 753. The van der Waals surface area contributed by atoms with Crippen LogP contribution in [0.1, 0.15) is 85.5 Å². The topological polar surface area (TPSA) is 148 Å². The number of aliphatic hydroxyl groups excluding tert-OH is 3. The SMILES string of the molecule is CCCCCCC(=O)NCCCN1CCCC[C@H](NC(=O)[C@H](OC)[C@H](O)[C@@H](O)[C@H](O)/C=C/C(C)(C)C)C1=O. The summed E-state index contributed by atoms with van der Waals surface area (Å²) in [5.74, 6) is -0.930. The molecule has 10 heteroatoms. The molecule has 1 aliphatic rings. The summed E-state index contributed by atoms with van der Waals surface area (Å²) in [6, 6.07) is -0.786. The zero-order valence-electron chi connectivity index (χ0n) is 23.9. The minimum atomic E-state index is -1.71. The maximum Gasteiger partial charge on any atom is 0.252 e. The summed E-state index contributed by atoms with van der Waals surface area (Å²) in [6.07, 6.45) is 4.12. The highest BCUT2D eigenvalue weighted by Gasteiger charge is 2.37. The number of likely N-dealkylation sites (tertiary alicyclic amines) is 1. The molecular formula is C28H51N3O7. The second-order valence-electron chi connectivity index (χ2n) is 11.2. The van der Waals surface area contributed by atoms with E-state index in [1.165, 1.54) is 13.2 Å².